The highest BCUT2D eigenvalue weighted by Crippen LogP contribution is 1.93. The van der Waals surface area contributed by atoms with Crippen molar-refractivity contribution in [1.82, 2.24) is 0 Å². The first-order valence-corrected chi connectivity index (χ1v) is 2.81. The topological polar surface area (TPSA) is 52.3 Å². The Bertz CT molecular complexity index is 129. The van der Waals surface area contributed by atoms with Crippen LogP contribution in [-0.4, -0.2) is 12.5 Å². The van der Waals surface area contributed by atoms with Crippen molar-refractivity contribution < 1.29 is 9.53 Å². The van der Waals surface area contributed by atoms with Gasteiger partial charge in [0, 0.05) is 0 Å². The summed E-state index contributed by atoms with van der Waals surface area (Å²) in [6.07, 6.45) is 1.55. The third kappa shape index (κ3) is 2.74. The van der Waals surface area contributed by atoms with Crippen molar-refractivity contribution in [2.75, 3.05) is 6.61 Å². The molecule has 1 amide bonds. The molecule has 0 saturated heterocycles. The van der Waals surface area contributed by atoms with Gasteiger partial charge in [-0.2, -0.15) is 0 Å². The van der Waals surface area contributed by atoms with Gasteiger partial charge in [-0.05, 0) is 19.9 Å². The van der Waals surface area contributed by atoms with Gasteiger partial charge in [0.25, 0.3) is 5.91 Å². The standard InChI is InChI=1S/C6H11NO2/c1-3-5(6(7)8)9-4-2/h3H,4H2,1-2H3,(H2,7,8). The zero-order chi connectivity index (χ0) is 7.28. The number of nitrogens with two attached hydrogens (primary N) is 1. The fraction of sp³-hybridized carbons (Fsp3) is 0.500. The van der Waals surface area contributed by atoms with Crippen LogP contribution in [0.2, 0.25) is 0 Å². The maximum absolute atomic E-state index is 10.3. The van der Waals surface area contributed by atoms with Crippen LogP contribution in [0.4, 0.5) is 0 Å². The zero-order valence-corrected chi connectivity index (χ0v) is 5.68. The lowest BCUT2D eigenvalue weighted by Crippen LogP contribution is -2.15. The molecule has 3 heteroatoms. The fourth-order valence-electron chi connectivity index (χ4n) is 0.452. The van der Waals surface area contributed by atoms with E-state index in [0.717, 1.165) is 0 Å². The van der Waals surface area contributed by atoms with E-state index in [0.29, 0.717) is 6.61 Å². The Balaban J connectivity index is 3.85. The van der Waals surface area contributed by atoms with Gasteiger partial charge in [0.1, 0.15) is 0 Å². The second kappa shape index (κ2) is 3.95. The number of hydrogen-bond donors (Lipinski definition) is 1. The van der Waals surface area contributed by atoms with E-state index in [2.05, 4.69) is 0 Å². The Hall–Kier alpha value is -0.990. The first-order valence-electron chi connectivity index (χ1n) is 2.81. The van der Waals surface area contributed by atoms with Gasteiger partial charge in [0.15, 0.2) is 5.76 Å². The van der Waals surface area contributed by atoms with Gasteiger partial charge in [0.05, 0.1) is 6.61 Å². The summed E-state index contributed by atoms with van der Waals surface area (Å²) >= 11 is 0. The molecule has 0 radical (unpaired) electrons. The van der Waals surface area contributed by atoms with E-state index in [-0.39, 0.29) is 5.76 Å². The Kier molecular flexibility index (Phi) is 3.51. The van der Waals surface area contributed by atoms with Crippen molar-refractivity contribution in [3.05, 3.63) is 11.8 Å². The van der Waals surface area contributed by atoms with Crippen molar-refractivity contribution in [3.8, 4) is 0 Å². The van der Waals surface area contributed by atoms with Gasteiger partial charge in [0.2, 0.25) is 0 Å². The molecule has 0 aromatic carbocycles. The molecule has 0 aromatic rings. The van der Waals surface area contributed by atoms with Gasteiger partial charge in [-0.15, -0.1) is 0 Å². The number of carbonyl (C=O) groups excluding carboxylic acids is 1. The Labute approximate surface area is 54.5 Å². The van der Waals surface area contributed by atoms with E-state index >= 15 is 0 Å². The maximum atomic E-state index is 10.3. The molecule has 0 fully saturated rings. The van der Waals surface area contributed by atoms with Gasteiger partial charge in [-0.1, -0.05) is 0 Å². The predicted octanol–water partition coefficient (Wildman–Crippen LogP) is 0.412. The third-order valence-electron chi connectivity index (χ3n) is 0.805. The minimum atomic E-state index is -0.514. The van der Waals surface area contributed by atoms with Crippen molar-refractivity contribution in [1.29, 1.82) is 0 Å². The molecule has 9 heavy (non-hydrogen) atoms. The molecule has 0 heterocycles. The van der Waals surface area contributed by atoms with E-state index < -0.39 is 5.91 Å². The van der Waals surface area contributed by atoms with Gasteiger partial charge >= 0.3 is 0 Å². The van der Waals surface area contributed by atoms with E-state index in [9.17, 15) is 4.79 Å². The first kappa shape index (κ1) is 8.01. The summed E-state index contributed by atoms with van der Waals surface area (Å²) in [6, 6.07) is 0. The van der Waals surface area contributed by atoms with Crippen LogP contribution in [0.1, 0.15) is 13.8 Å². The van der Waals surface area contributed by atoms with Gasteiger partial charge < -0.3 is 10.5 Å². The summed E-state index contributed by atoms with van der Waals surface area (Å²) < 4.78 is 4.84. The smallest absolute Gasteiger partial charge is 0.283 e. The van der Waals surface area contributed by atoms with Crippen molar-refractivity contribution in [2.24, 2.45) is 5.73 Å². The lowest BCUT2D eigenvalue weighted by Gasteiger charge is -2.01. The number of primary amides is 1. The second-order valence-electron chi connectivity index (χ2n) is 1.45. The maximum Gasteiger partial charge on any atom is 0.283 e. The van der Waals surface area contributed by atoms with Crippen LogP contribution in [0, 0.1) is 0 Å². The predicted molar refractivity (Wildman–Crippen MR) is 34.6 cm³/mol. The molecule has 52 valence electrons. The van der Waals surface area contributed by atoms with E-state index in [1.807, 2.05) is 0 Å². The molecule has 0 aliphatic heterocycles. The Morgan fingerprint density at radius 1 is 1.78 bits per heavy atom. The molecule has 0 bridgehead atoms. The molecule has 0 rings (SSSR count). The van der Waals surface area contributed by atoms with Crippen LogP contribution in [0.5, 0.6) is 0 Å². The molecular weight excluding hydrogens is 118 g/mol. The average Bonchev–Trinajstić information content (AvgIpc) is 1.82. The van der Waals surface area contributed by atoms with Crippen LogP contribution < -0.4 is 5.73 Å². The molecule has 0 saturated carbocycles. The highest BCUT2D eigenvalue weighted by molar-refractivity contribution is 5.89. The summed E-state index contributed by atoms with van der Waals surface area (Å²) in [6.45, 7) is 3.98. The van der Waals surface area contributed by atoms with Gasteiger partial charge in [-0.3, -0.25) is 4.79 Å². The largest absolute Gasteiger partial charge is 0.489 e. The summed E-state index contributed by atoms with van der Waals surface area (Å²) in [5.41, 5.74) is 4.90. The molecular formula is C6H11NO2. The quantitative estimate of drug-likeness (QED) is 0.443. The van der Waals surface area contributed by atoms with Gasteiger partial charge in [-0.25, -0.2) is 0 Å². The molecule has 0 aliphatic rings. The van der Waals surface area contributed by atoms with Crippen LogP contribution in [0.3, 0.4) is 0 Å². The third-order valence-corrected chi connectivity index (χ3v) is 0.805. The molecule has 0 spiro atoms. The number of amides is 1. The first-order chi connectivity index (χ1) is 4.22. The minimum Gasteiger partial charge on any atom is -0.489 e. The molecule has 0 aliphatic carbocycles. The molecule has 0 atom stereocenters. The minimum absolute atomic E-state index is 0.234. The van der Waals surface area contributed by atoms with Crippen LogP contribution in [0.25, 0.3) is 0 Å². The molecule has 2 N–H and O–H groups in total. The summed E-state index contributed by atoms with van der Waals surface area (Å²) in [5, 5.41) is 0. The average molecular weight is 129 g/mol. The number of rotatable bonds is 3. The number of hydrogen-bond acceptors (Lipinski definition) is 2. The molecule has 3 nitrogen and oxygen atoms in total. The molecule has 0 aromatic heterocycles. The SMILES string of the molecule is CC=C(OCC)C(N)=O. The number of allylic oxidation sites excluding steroid dienone is 1. The molecule has 0 unspecified atom stereocenters. The van der Waals surface area contributed by atoms with Crippen molar-refractivity contribution >= 4 is 5.91 Å². The van der Waals surface area contributed by atoms with Crippen molar-refractivity contribution in [3.63, 3.8) is 0 Å². The van der Waals surface area contributed by atoms with E-state index in [1.54, 1.807) is 19.9 Å². The fourth-order valence-corrected chi connectivity index (χ4v) is 0.452. The zero-order valence-electron chi connectivity index (χ0n) is 5.68. The number of carbonyl (C=O) groups is 1. The van der Waals surface area contributed by atoms with E-state index in [1.165, 1.54) is 0 Å². The number of ether oxygens (including phenoxy) is 1. The monoisotopic (exact) mass is 129 g/mol. The van der Waals surface area contributed by atoms with Crippen LogP contribution in [-0.2, 0) is 9.53 Å². The van der Waals surface area contributed by atoms with Crippen molar-refractivity contribution in [2.45, 2.75) is 13.8 Å². The summed E-state index contributed by atoms with van der Waals surface area (Å²) in [4.78, 5) is 10.3. The lowest BCUT2D eigenvalue weighted by atomic mass is 10.4. The summed E-state index contributed by atoms with van der Waals surface area (Å²) in [7, 11) is 0. The van der Waals surface area contributed by atoms with E-state index in [4.69, 9.17) is 10.5 Å². The lowest BCUT2D eigenvalue weighted by molar-refractivity contribution is -0.117. The highest BCUT2D eigenvalue weighted by Gasteiger charge is 2.00. The Morgan fingerprint density at radius 3 is 2.44 bits per heavy atom. The summed E-state index contributed by atoms with van der Waals surface area (Å²) in [5.74, 6) is -0.281. The normalized spacial score (nSPS) is 11.1. The van der Waals surface area contributed by atoms with Crippen LogP contribution >= 0.6 is 0 Å². The van der Waals surface area contributed by atoms with Crippen LogP contribution in [0.15, 0.2) is 11.8 Å². The Morgan fingerprint density at radius 2 is 2.33 bits per heavy atom. The highest BCUT2D eigenvalue weighted by atomic mass is 16.5. The second-order valence-corrected chi connectivity index (χ2v) is 1.45.